The molecule has 3 rings (SSSR count). The van der Waals surface area contributed by atoms with Crippen molar-refractivity contribution < 1.29 is 4.74 Å². The van der Waals surface area contributed by atoms with E-state index in [0.717, 1.165) is 44.9 Å². The lowest BCUT2D eigenvalue weighted by molar-refractivity contribution is 0.0171. The van der Waals surface area contributed by atoms with E-state index >= 15 is 0 Å². The van der Waals surface area contributed by atoms with Crippen molar-refractivity contribution in [1.82, 2.24) is 15.1 Å². The standard InChI is InChI=1S/C17H33N3O/c1-4-18-16-15(5-7-17(16,2)3)20-8-6-14(13-20)19-9-11-21-12-10-19/h14-16,18H,4-13H2,1-3H3. The van der Waals surface area contributed by atoms with E-state index in [1.54, 1.807) is 0 Å². The van der Waals surface area contributed by atoms with Gasteiger partial charge in [-0.25, -0.2) is 0 Å². The third-order valence-electron chi connectivity index (χ3n) is 5.96. The molecule has 2 saturated heterocycles. The smallest absolute Gasteiger partial charge is 0.0594 e. The summed E-state index contributed by atoms with van der Waals surface area (Å²) < 4.78 is 5.50. The summed E-state index contributed by atoms with van der Waals surface area (Å²) in [6, 6.07) is 2.16. The van der Waals surface area contributed by atoms with E-state index in [-0.39, 0.29) is 0 Å². The Hall–Kier alpha value is -0.160. The first-order chi connectivity index (χ1) is 10.1. The number of morpholine rings is 1. The summed E-state index contributed by atoms with van der Waals surface area (Å²) in [6.45, 7) is 14.9. The zero-order valence-corrected chi connectivity index (χ0v) is 14.1. The maximum absolute atomic E-state index is 5.50. The monoisotopic (exact) mass is 295 g/mol. The van der Waals surface area contributed by atoms with Gasteiger partial charge in [0.2, 0.25) is 0 Å². The first-order valence-corrected chi connectivity index (χ1v) is 8.91. The third kappa shape index (κ3) is 3.29. The van der Waals surface area contributed by atoms with Crippen LogP contribution in [0.5, 0.6) is 0 Å². The van der Waals surface area contributed by atoms with Gasteiger partial charge in [0.15, 0.2) is 0 Å². The Balaban J connectivity index is 1.60. The highest BCUT2D eigenvalue weighted by Gasteiger charge is 2.45. The molecule has 4 nitrogen and oxygen atoms in total. The Morgan fingerprint density at radius 1 is 1.10 bits per heavy atom. The molecule has 0 aromatic heterocycles. The average molecular weight is 295 g/mol. The normalized spacial score (nSPS) is 38.1. The van der Waals surface area contributed by atoms with Crippen LogP contribution in [0, 0.1) is 5.41 Å². The molecule has 1 N–H and O–H groups in total. The van der Waals surface area contributed by atoms with Crippen molar-refractivity contribution in [2.75, 3.05) is 45.9 Å². The topological polar surface area (TPSA) is 27.7 Å². The lowest BCUT2D eigenvalue weighted by Gasteiger charge is -2.37. The fourth-order valence-electron chi connectivity index (χ4n) is 4.70. The molecule has 0 amide bonds. The molecule has 1 saturated carbocycles. The van der Waals surface area contributed by atoms with E-state index in [4.69, 9.17) is 4.74 Å². The molecule has 3 fully saturated rings. The quantitative estimate of drug-likeness (QED) is 0.852. The van der Waals surface area contributed by atoms with Crippen LogP contribution in [0.15, 0.2) is 0 Å². The highest BCUT2D eigenvalue weighted by Crippen LogP contribution is 2.41. The number of nitrogens with one attached hydrogen (secondary N) is 1. The first kappa shape index (κ1) is 15.7. The van der Waals surface area contributed by atoms with Crippen molar-refractivity contribution in [1.29, 1.82) is 0 Å². The lowest BCUT2D eigenvalue weighted by atomic mass is 9.86. The number of hydrogen-bond acceptors (Lipinski definition) is 4. The van der Waals surface area contributed by atoms with E-state index < -0.39 is 0 Å². The van der Waals surface area contributed by atoms with Crippen LogP contribution < -0.4 is 5.32 Å². The molecule has 3 unspecified atom stereocenters. The van der Waals surface area contributed by atoms with Crippen LogP contribution in [-0.2, 0) is 4.74 Å². The molecule has 0 spiro atoms. The van der Waals surface area contributed by atoms with Crippen molar-refractivity contribution in [3.8, 4) is 0 Å². The molecule has 3 atom stereocenters. The second kappa shape index (κ2) is 6.53. The van der Waals surface area contributed by atoms with Gasteiger partial charge in [-0.3, -0.25) is 9.80 Å². The molecule has 3 aliphatic rings. The second-order valence-corrected chi connectivity index (χ2v) is 7.72. The Kier molecular flexibility index (Phi) is 4.89. The maximum atomic E-state index is 5.50. The number of hydrogen-bond donors (Lipinski definition) is 1. The van der Waals surface area contributed by atoms with Crippen LogP contribution in [0.2, 0.25) is 0 Å². The van der Waals surface area contributed by atoms with Crippen LogP contribution >= 0.6 is 0 Å². The minimum Gasteiger partial charge on any atom is -0.379 e. The molecule has 2 aliphatic heterocycles. The van der Waals surface area contributed by atoms with Gasteiger partial charge in [-0.1, -0.05) is 20.8 Å². The minimum absolute atomic E-state index is 0.442. The van der Waals surface area contributed by atoms with E-state index in [9.17, 15) is 0 Å². The molecule has 0 bridgehead atoms. The van der Waals surface area contributed by atoms with Crippen LogP contribution in [0.4, 0.5) is 0 Å². The predicted molar refractivity (Wildman–Crippen MR) is 86.6 cm³/mol. The summed E-state index contributed by atoms with van der Waals surface area (Å²) in [5.41, 5.74) is 0.442. The molecule has 4 heteroatoms. The maximum Gasteiger partial charge on any atom is 0.0594 e. The molecular weight excluding hydrogens is 262 g/mol. The van der Waals surface area contributed by atoms with Crippen LogP contribution in [0.1, 0.15) is 40.0 Å². The number of ether oxygens (including phenoxy) is 1. The van der Waals surface area contributed by atoms with Gasteiger partial charge in [0.05, 0.1) is 13.2 Å². The number of nitrogens with zero attached hydrogens (tertiary/aromatic N) is 2. The molecule has 2 heterocycles. The second-order valence-electron chi connectivity index (χ2n) is 7.72. The average Bonchev–Trinajstić information content (AvgIpc) is 3.06. The van der Waals surface area contributed by atoms with Crippen molar-refractivity contribution in [2.24, 2.45) is 5.41 Å². The Bertz CT molecular complexity index is 341. The number of rotatable bonds is 4. The largest absolute Gasteiger partial charge is 0.379 e. The van der Waals surface area contributed by atoms with Crippen LogP contribution in [0.3, 0.4) is 0 Å². The van der Waals surface area contributed by atoms with Gasteiger partial charge in [-0.05, 0) is 31.2 Å². The van der Waals surface area contributed by atoms with Gasteiger partial charge in [-0.2, -0.15) is 0 Å². The van der Waals surface area contributed by atoms with Crippen molar-refractivity contribution in [3.63, 3.8) is 0 Å². The van der Waals surface area contributed by atoms with Crippen LogP contribution in [-0.4, -0.2) is 73.9 Å². The zero-order valence-electron chi connectivity index (χ0n) is 14.1. The minimum atomic E-state index is 0.442. The van der Waals surface area contributed by atoms with Crippen molar-refractivity contribution >= 4 is 0 Å². The highest BCUT2D eigenvalue weighted by atomic mass is 16.5. The molecule has 21 heavy (non-hydrogen) atoms. The number of likely N-dealkylation sites (N-methyl/N-ethyl adjacent to an activating group) is 1. The van der Waals surface area contributed by atoms with E-state index in [0.29, 0.717) is 11.5 Å². The summed E-state index contributed by atoms with van der Waals surface area (Å²) in [5.74, 6) is 0. The summed E-state index contributed by atoms with van der Waals surface area (Å²) in [5, 5.41) is 3.78. The fraction of sp³-hybridized carbons (Fsp3) is 1.00. The zero-order chi connectivity index (χ0) is 14.9. The SMILES string of the molecule is CCNC1C(N2CCC(N3CCOCC3)C2)CCC1(C)C. The van der Waals surface area contributed by atoms with Crippen LogP contribution in [0.25, 0.3) is 0 Å². The van der Waals surface area contributed by atoms with Gasteiger partial charge in [0.1, 0.15) is 0 Å². The van der Waals surface area contributed by atoms with Gasteiger partial charge < -0.3 is 10.1 Å². The highest BCUT2D eigenvalue weighted by molar-refractivity contribution is 5.03. The van der Waals surface area contributed by atoms with Crippen molar-refractivity contribution in [3.05, 3.63) is 0 Å². The Morgan fingerprint density at radius 3 is 2.57 bits per heavy atom. The summed E-state index contributed by atoms with van der Waals surface area (Å²) in [4.78, 5) is 5.44. The van der Waals surface area contributed by atoms with Gasteiger partial charge >= 0.3 is 0 Å². The molecule has 0 aromatic carbocycles. The lowest BCUT2D eigenvalue weighted by Crippen LogP contribution is -2.52. The molecule has 0 aromatic rings. The van der Waals surface area contributed by atoms with Gasteiger partial charge in [0, 0.05) is 44.3 Å². The summed E-state index contributed by atoms with van der Waals surface area (Å²) >= 11 is 0. The Labute approximate surface area is 130 Å². The molecule has 1 aliphatic carbocycles. The van der Waals surface area contributed by atoms with Crippen molar-refractivity contribution in [2.45, 2.75) is 58.2 Å². The first-order valence-electron chi connectivity index (χ1n) is 8.91. The molecule has 122 valence electrons. The fourth-order valence-corrected chi connectivity index (χ4v) is 4.70. The van der Waals surface area contributed by atoms with Gasteiger partial charge in [-0.15, -0.1) is 0 Å². The third-order valence-corrected chi connectivity index (χ3v) is 5.96. The van der Waals surface area contributed by atoms with Gasteiger partial charge in [0.25, 0.3) is 0 Å². The van der Waals surface area contributed by atoms with E-state index in [2.05, 4.69) is 35.9 Å². The van der Waals surface area contributed by atoms with E-state index in [1.807, 2.05) is 0 Å². The molecule has 0 radical (unpaired) electrons. The van der Waals surface area contributed by atoms with E-state index in [1.165, 1.54) is 32.4 Å². The predicted octanol–water partition coefficient (Wildman–Crippen LogP) is 1.56. The summed E-state index contributed by atoms with van der Waals surface area (Å²) in [7, 11) is 0. The Morgan fingerprint density at radius 2 is 1.86 bits per heavy atom. The molecular formula is C17H33N3O. The summed E-state index contributed by atoms with van der Waals surface area (Å²) in [6.07, 6.45) is 4.06. The number of likely N-dealkylation sites (tertiary alicyclic amines) is 1.